The zero-order chi connectivity index (χ0) is 70.7. The van der Waals surface area contributed by atoms with E-state index in [0.29, 0.717) is 25.7 Å². The van der Waals surface area contributed by atoms with Crippen molar-refractivity contribution < 1.29 is 80.2 Å². The normalized spacial score (nSPS) is 14.0. The fraction of sp³-hybridized carbons (Fsp3) is 0.948. The average Bonchev–Trinajstić information content (AvgIpc) is 1.57. The molecule has 0 fully saturated rings. The Hall–Kier alpha value is -1.94. The largest absolute Gasteiger partial charge is 0.472 e. The monoisotopic (exact) mass is 1410 g/mol. The first-order valence-electron chi connectivity index (χ1n) is 40.0. The van der Waals surface area contributed by atoms with E-state index >= 15 is 0 Å². The Morgan fingerprint density at radius 2 is 0.479 bits per heavy atom. The molecule has 0 aliphatic heterocycles. The number of carbonyl (C=O) groups excluding carboxylic acids is 4. The lowest BCUT2D eigenvalue weighted by Gasteiger charge is -2.21. The number of phosphoric ester groups is 2. The van der Waals surface area contributed by atoms with Gasteiger partial charge in [0.15, 0.2) is 12.2 Å². The summed E-state index contributed by atoms with van der Waals surface area (Å²) >= 11 is 0. The first kappa shape index (κ1) is 94.1. The van der Waals surface area contributed by atoms with Gasteiger partial charge >= 0.3 is 39.5 Å². The summed E-state index contributed by atoms with van der Waals surface area (Å²) < 4.78 is 68.5. The van der Waals surface area contributed by atoms with E-state index in [1.807, 2.05) is 0 Å². The van der Waals surface area contributed by atoms with Crippen LogP contribution in [0.1, 0.15) is 401 Å². The molecule has 0 aromatic carbocycles. The summed E-state index contributed by atoms with van der Waals surface area (Å²) in [7, 11) is -9.91. The van der Waals surface area contributed by atoms with Crippen LogP contribution in [0.4, 0.5) is 0 Å². The molecular formula is C77H150O17P2. The second-order valence-electron chi connectivity index (χ2n) is 28.7. The molecule has 19 heteroatoms. The Morgan fingerprint density at radius 3 is 0.708 bits per heavy atom. The maximum atomic E-state index is 13.1. The van der Waals surface area contributed by atoms with Crippen LogP contribution < -0.4 is 0 Å². The number of ether oxygens (including phenoxy) is 4. The molecule has 0 aromatic rings. The third kappa shape index (κ3) is 70.5. The molecule has 0 spiro atoms. The second kappa shape index (κ2) is 68.8. The average molecular weight is 1410 g/mol. The Morgan fingerprint density at radius 1 is 0.281 bits per heavy atom. The van der Waals surface area contributed by atoms with Crippen LogP contribution in [0, 0.1) is 11.8 Å². The van der Waals surface area contributed by atoms with Gasteiger partial charge in [0.1, 0.15) is 19.3 Å². The zero-order valence-corrected chi connectivity index (χ0v) is 64.5. The number of hydrogen-bond acceptors (Lipinski definition) is 15. The van der Waals surface area contributed by atoms with Crippen molar-refractivity contribution >= 4 is 39.5 Å². The molecule has 0 rings (SSSR count). The number of unbranched alkanes of at least 4 members (excludes halogenated alkanes) is 46. The third-order valence-corrected chi connectivity index (χ3v) is 19.9. The van der Waals surface area contributed by atoms with Crippen molar-refractivity contribution in [1.29, 1.82) is 0 Å². The lowest BCUT2D eigenvalue weighted by atomic mass is 10.0. The Balaban J connectivity index is 5.21. The molecule has 5 atom stereocenters. The van der Waals surface area contributed by atoms with E-state index in [0.717, 1.165) is 108 Å². The maximum absolute atomic E-state index is 13.1. The van der Waals surface area contributed by atoms with Crippen molar-refractivity contribution in [3.05, 3.63) is 0 Å². The Kier molecular flexibility index (Phi) is 67.4. The molecule has 0 bridgehead atoms. The van der Waals surface area contributed by atoms with Gasteiger partial charge in [0.25, 0.3) is 0 Å². The SMILES string of the molecule is CCCCCCCCCCCCCCCCCC(=O)OC[C@H](COP(=O)(O)OC[C@@H](O)COP(=O)(O)OC[C@@H](COC(=O)CCCCCCCCCC)OC(=O)CCCCCCCCCCCCCC(C)C)OC(=O)CCCCCCCCCCCCCCCCCCC(C)C. The lowest BCUT2D eigenvalue weighted by molar-refractivity contribution is -0.161. The molecule has 0 radical (unpaired) electrons. The summed E-state index contributed by atoms with van der Waals surface area (Å²) in [6.45, 7) is 9.61. The van der Waals surface area contributed by atoms with Crippen molar-refractivity contribution in [3.8, 4) is 0 Å². The molecule has 0 saturated carbocycles. The first-order chi connectivity index (χ1) is 46.4. The number of aliphatic hydroxyl groups is 1. The van der Waals surface area contributed by atoms with Crippen molar-refractivity contribution in [1.82, 2.24) is 0 Å². The van der Waals surface area contributed by atoms with E-state index in [-0.39, 0.29) is 25.7 Å². The summed E-state index contributed by atoms with van der Waals surface area (Å²) in [5.41, 5.74) is 0. The number of rotatable bonds is 76. The molecule has 3 N–H and O–H groups in total. The van der Waals surface area contributed by atoms with E-state index in [9.17, 15) is 43.2 Å². The van der Waals surface area contributed by atoms with Crippen LogP contribution in [0.15, 0.2) is 0 Å². The van der Waals surface area contributed by atoms with Gasteiger partial charge in [-0.2, -0.15) is 0 Å². The predicted octanol–water partition coefficient (Wildman–Crippen LogP) is 22.7. The zero-order valence-electron chi connectivity index (χ0n) is 62.7. The van der Waals surface area contributed by atoms with Crippen molar-refractivity contribution in [2.75, 3.05) is 39.6 Å². The van der Waals surface area contributed by atoms with Crippen LogP contribution >= 0.6 is 15.6 Å². The van der Waals surface area contributed by atoms with Crippen LogP contribution in [-0.2, 0) is 65.4 Å². The first-order valence-corrected chi connectivity index (χ1v) is 43.0. The van der Waals surface area contributed by atoms with E-state index in [4.69, 9.17) is 37.0 Å². The topological polar surface area (TPSA) is 237 Å². The number of aliphatic hydroxyl groups excluding tert-OH is 1. The van der Waals surface area contributed by atoms with Gasteiger partial charge in [-0.1, -0.05) is 350 Å². The highest BCUT2D eigenvalue weighted by molar-refractivity contribution is 7.47. The summed E-state index contributed by atoms with van der Waals surface area (Å²) in [6, 6.07) is 0. The van der Waals surface area contributed by atoms with Gasteiger partial charge in [-0.15, -0.1) is 0 Å². The minimum Gasteiger partial charge on any atom is -0.462 e. The quantitative estimate of drug-likeness (QED) is 0.0222. The highest BCUT2D eigenvalue weighted by Crippen LogP contribution is 2.45. The molecule has 0 aliphatic rings. The molecule has 0 aromatic heterocycles. The Bertz CT molecular complexity index is 1860. The molecule has 0 heterocycles. The molecule has 0 aliphatic carbocycles. The van der Waals surface area contributed by atoms with Crippen molar-refractivity contribution in [3.63, 3.8) is 0 Å². The van der Waals surface area contributed by atoms with Crippen molar-refractivity contribution in [2.45, 2.75) is 419 Å². The number of carbonyl (C=O) groups is 4. The molecule has 0 amide bonds. The summed E-state index contributed by atoms with van der Waals surface area (Å²) in [5.74, 6) is -0.541. The van der Waals surface area contributed by atoms with Crippen molar-refractivity contribution in [2.24, 2.45) is 11.8 Å². The van der Waals surface area contributed by atoms with E-state index in [2.05, 4.69) is 41.5 Å². The van der Waals surface area contributed by atoms with Gasteiger partial charge in [-0.25, -0.2) is 9.13 Å². The minimum atomic E-state index is -4.96. The van der Waals surface area contributed by atoms with Gasteiger partial charge in [-0.3, -0.25) is 37.3 Å². The van der Waals surface area contributed by atoms with Gasteiger partial charge in [0, 0.05) is 25.7 Å². The van der Waals surface area contributed by atoms with Gasteiger partial charge in [0.05, 0.1) is 26.4 Å². The predicted molar refractivity (Wildman–Crippen MR) is 391 cm³/mol. The van der Waals surface area contributed by atoms with Crippen LogP contribution in [0.3, 0.4) is 0 Å². The standard InChI is InChI=1S/C77H150O17P2/c1-7-9-11-13-15-17-18-19-22-26-31-36-42-48-54-60-75(80)88-66-73(94-76(81)61-55-49-43-37-32-27-24-21-20-23-25-29-34-39-45-51-57-69(3)4)68-92-96(85,86)90-64-71(78)63-89-95(83,84)91-67-72(65-87-74(79)59-53-47-41-16-14-12-10-8-2)93-77(82)62-56-50-44-38-33-28-30-35-40-46-52-58-70(5)6/h69-73,78H,7-68H2,1-6H3,(H,83,84)(H,85,86)/t71-,72+,73+/m0/s1. The van der Waals surface area contributed by atoms with Crippen LogP contribution in [0.2, 0.25) is 0 Å². The molecule has 0 saturated heterocycles. The van der Waals surface area contributed by atoms with E-state index in [1.54, 1.807) is 0 Å². The molecule has 96 heavy (non-hydrogen) atoms. The van der Waals surface area contributed by atoms with Crippen LogP contribution in [0.5, 0.6) is 0 Å². The minimum absolute atomic E-state index is 0.106. The third-order valence-electron chi connectivity index (χ3n) is 18.0. The lowest BCUT2D eigenvalue weighted by Crippen LogP contribution is -2.30. The molecular weight excluding hydrogens is 1260 g/mol. The number of hydrogen-bond donors (Lipinski definition) is 3. The fourth-order valence-corrected chi connectivity index (χ4v) is 13.4. The van der Waals surface area contributed by atoms with Gasteiger partial charge in [-0.05, 0) is 37.5 Å². The maximum Gasteiger partial charge on any atom is 0.472 e. The van der Waals surface area contributed by atoms with E-state index < -0.39 is 97.5 Å². The fourth-order valence-electron chi connectivity index (χ4n) is 11.8. The number of phosphoric acid groups is 2. The molecule has 570 valence electrons. The number of esters is 4. The summed E-state index contributed by atoms with van der Waals surface area (Å²) in [4.78, 5) is 72.8. The van der Waals surface area contributed by atoms with Crippen LogP contribution in [-0.4, -0.2) is 96.7 Å². The molecule has 17 nitrogen and oxygen atoms in total. The highest BCUT2D eigenvalue weighted by atomic mass is 31.2. The van der Waals surface area contributed by atoms with E-state index in [1.165, 1.54) is 212 Å². The molecule has 2 unspecified atom stereocenters. The van der Waals surface area contributed by atoms with Crippen LogP contribution in [0.25, 0.3) is 0 Å². The Labute approximate surface area is 588 Å². The second-order valence-corrected chi connectivity index (χ2v) is 31.6. The van der Waals surface area contributed by atoms with Gasteiger partial charge < -0.3 is 33.8 Å². The summed E-state index contributed by atoms with van der Waals surface area (Å²) in [6.07, 6.45) is 56.9. The summed E-state index contributed by atoms with van der Waals surface area (Å²) in [5, 5.41) is 10.6. The smallest absolute Gasteiger partial charge is 0.462 e. The van der Waals surface area contributed by atoms with Gasteiger partial charge in [0.2, 0.25) is 0 Å². The highest BCUT2D eigenvalue weighted by Gasteiger charge is 2.30.